The summed E-state index contributed by atoms with van der Waals surface area (Å²) in [6.07, 6.45) is 13.3. The maximum atomic E-state index is 8.62. The Morgan fingerprint density at radius 1 is 0.356 bits per heavy atom. The van der Waals surface area contributed by atoms with Gasteiger partial charge in [0.15, 0.2) is 0 Å². The fourth-order valence-corrected chi connectivity index (χ4v) is 4.30. The molecule has 1 N–H and O–H groups in total. The summed E-state index contributed by atoms with van der Waals surface area (Å²) in [6.45, 7) is 19.1. The summed E-state index contributed by atoms with van der Waals surface area (Å²) in [4.78, 5) is 0. The van der Waals surface area contributed by atoms with Crippen molar-refractivity contribution >= 4 is 0 Å². The Morgan fingerprint density at radius 2 is 0.711 bits per heavy atom. The molecule has 0 aromatic heterocycles. The van der Waals surface area contributed by atoms with Crippen molar-refractivity contribution in [2.45, 2.75) is 136 Å². The van der Waals surface area contributed by atoms with E-state index < -0.39 is 0 Å². The molecular formula is C35H72O10. The van der Waals surface area contributed by atoms with Crippen molar-refractivity contribution in [2.24, 2.45) is 0 Å². The average molecular weight is 653 g/mol. The second-order valence-corrected chi connectivity index (χ2v) is 12.1. The highest BCUT2D eigenvalue weighted by atomic mass is 16.6. The van der Waals surface area contributed by atoms with Crippen LogP contribution < -0.4 is 0 Å². The van der Waals surface area contributed by atoms with E-state index in [1.54, 1.807) is 0 Å². The molecule has 45 heavy (non-hydrogen) atoms. The van der Waals surface area contributed by atoms with Gasteiger partial charge in [0.25, 0.3) is 0 Å². The minimum Gasteiger partial charge on any atom is -0.394 e. The van der Waals surface area contributed by atoms with Crippen LogP contribution in [0.5, 0.6) is 0 Å². The van der Waals surface area contributed by atoms with E-state index in [0.717, 1.165) is 13.0 Å². The van der Waals surface area contributed by atoms with Crippen LogP contribution in [0, 0.1) is 0 Å². The molecule has 0 aromatic rings. The van der Waals surface area contributed by atoms with Gasteiger partial charge in [0, 0.05) is 6.61 Å². The highest BCUT2D eigenvalue weighted by Gasteiger charge is 2.13. The smallest absolute Gasteiger partial charge is 0.0781 e. The van der Waals surface area contributed by atoms with Crippen LogP contribution in [-0.2, 0) is 42.6 Å². The predicted molar refractivity (Wildman–Crippen MR) is 179 cm³/mol. The van der Waals surface area contributed by atoms with Crippen molar-refractivity contribution in [3.05, 3.63) is 0 Å². The molecule has 0 radical (unpaired) electrons. The lowest BCUT2D eigenvalue weighted by Gasteiger charge is -2.22. The van der Waals surface area contributed by atoms with Crippen LogP contribution in [0.1, 0.15) is 106 Å². The molecular weight excluding hydrogens is 580 g/mol. The van der Waals surface area contributed by atoms with Crippen molar-refractivity contribution in [3.8, 4) is 0 Å². The molecule has 0 rings (SSSR count). The Kier molecular flexibility index (Phi) is 34.6. The molecule has 0 fully saturated rings. The van der Waals surface area contributed by atoms with E-state index in [1.807, 2.05) is 27.7 Å². The molecule has 0 aliphatic rings. The quantitative estimate of drug-likeness (QED) is 0.0805. The van der Waals surface area contributed by atoms with Crippen LogP contribution in [0.2, 0.25) is 0 Å². The number of hydrogen-bond donors (Lipinski definition) is 1. The summed E-state index contributed by atoms with van der Waals surface area (Å²) in [5.74, 6) is 0. The first-order valence-electron chi connectivity index (χ1n) is 17.9. The average Bonchev–Trinajstić information content (AvgIpc) is 3.03. The van der Waals surface area contributed by atoms with E-state index in [0.29, 0.717) is 79.3 Å². The van der Waals surface area contributed by atoms with Gasteiger partial charge >= 0.3 is 0 Å². The van der Waals surface area contributed by atoms with Crippen LogP contribution in [0.4, 0.5) is 0 Å². The zero-order chi connectivity index (χ0) is 33.2. The molecule has 0 aromatic carbocycles. The molecule has 272 valence electrons. The van der Waals surface area contributed by atoms with Crippen LogP contribution in [0.3, 0.4) is 0 Å². The van der Waals surface area contributed by atoms with Gasteiger partial charge in [-0.2, -0.15) is 0 Å². The fourth-order valence-electron chi connectivity index (χ4n) is 4.30. The van der Waals surface area contributed by atoms with Crippen molar-refractivity contribution in [1.82, 2.24) is 0 Å². The van der Waals surface area contributed by atoms with Gasteiger partial charge in [-0.3, -0.25) is 0 Å². The van der Waals surface area contributed by atoms with Crippen LogP contribution in [0.15, 0.2) is 0 Å². The monoisotopic (exact) mass is 653 g/mol. The van der Waals surface area contributed by atoms with Crippen molar-refractivity contribution in [3.63, 3.8) is 0 Å². The van der Waals surface area contributed by atoms with E-state index in [-0.39, 0.29) is 37.1 Å². The second kappa shape index (κ2) is 34.9. The minimum absolute atomic E-state index is 0.0133. The molecule has 5 atom stereocenters. The molecule has 0 saturated carbocycles. The third kappa shape index (κ3) is 34.7. The minimum atomic E-state index is -0.0461. The summed E-state index contributed by atoms with van der Waals surface area (Å²) in [6, 6.07) is 0. The molecule has 0 heterocycles. The molecule has 0 saturated heterocycles. The van der Waals surface area contributed by atoms with Crippen molar-refractivity contribution in [1.29, 1.82) is 0 Å². The van der Waals surface area contributed by atoms with Crippen molar-refractivity contribution in [2.75, 3.05) is 92.5 Å². The summed E-state index contributed by atoms with van der Waals surface area (Å²) in [7, 11) is 0. The predicted octanol–water partition coefficient (Wildman–Crippen LogP) is 5.99. The normalized spacial score (nSPS) is 15.3. The maximum absolute atomic E-state index is 8.62. The molecule has 0 spiro atoms. The van der Waals surface area contributed by atoms with Crippen molar-refractivity contribution < 1.29 is 47.7 Å². The van der Waals surface area contributed by atoms with E-state index in [1.165, 1.54) is 57.8 Å². The fraction of sp³-hybridized carbons (Fsp3) is 1.00. The lowest BCUT2D eigenvalue weighted by atomic mass is 10.1. The van der Waals surface area contributed by atoms with Gasteiger partial charge < -0.3 is 47.7 Å². The molecule has 10 heteroatoms. The zero-order valence-corrected chi connectivity index (χ0v) is 30.0. The number of hydrogen-bond acceptors (Lipinski definition) is 10. The van der Waals surface area contributed by atoms with E-state index in [2.05, 4.69) is 13.8 Å². The first-order chi connectivity index (χ1) is 21.9. The van der Waals surface area contributed by atoms with E-state index in [4.69, 9.17) is 47.7 Å². The molecule has 0 bridgehead atoms. The number of ether oxygens (including phenoxy) is 9. The zero-order valence-electron chi connectivity index (χ0n) is 30.0. The highest BCUT2D eigenvalue weighted by molar-refractivity contribution is 4.58. The molecule has 0 aliphatic carbocycles. The lowest BCUT2D eigenvalue weighted by Crippen LogP contribution is -2.29. The van der Waals surface area contributed by atoms with Gasteiger partial charge in [-0.1, -0.05) is 64.7 Å². The Bertz CT molecular complexity index is 571. The van der Waals surface area contributed by atoms with Gasteiger partial charge in [-0.15, -0.1) is 0 Å². The number of rotatable bonds is 37. The second-order valence-electron chi connectivity index (χ2n) is 12.1. The Balaban J connectivity index is 3.57. The molecule has 10 nitrogen and oxygen atoms in total. The van der Waals surface area contributed by atoms with Crippen LogP contribution in [-0.4, -0.2) is 128 Å². The first-order valence-corrected chi connectivity index (χ1v) is 17.9. The summed E-state index contributed by atoms with van der Waals surface area (Å²) >= 11 is 0. The summed E-state index contributed by atoms with van der Waals surface area (Å²) < 4.78 is 51.2. The third-order valence-corrected chi connectivity index (χ3v) is 7.07. The Labute approximate surface area is 276 Å². The maximum Gasteiger partial charge on any atom is 0.0781 e. The van der Waals surface area contributed by atoms with E-state index >= 15 is 0 Å². The van der Waals surface area contributed by atoms with Gasteiger partial charge in [-0.05, 0) is 41.0 Å². The van der Waals surface area contributed by atoms with E-state index in [9.17, 15) is 0 Å². The summed E-state index contributed by atoms with van der Waals surface area (Å²) in [5.41, 5.74) is 0. The van der Waals surface area contributed by atoms with Crippen LogP contribution >= 0.6 is 0 Å². The summed E-state index contributed by atoms with van der Waals surface area (Å²) in [5, 5.41) is 8.62. The molecule has 5 unspecified atom stereocenters. The molecule has 0 amide bonds. The van der Waals surface area contributed by atoms with Gasteiger partial charge in [-0.25, -0.2) is 0 Å². The largest absolute Gasteiger partial charge is 0.394 e. The van der Waals surface area contributed by atoms with Gasteiger partial charge in [0.1, 0.15) is 0 Å². The van der Waals surface area contributed by atoms with Gasteiger partial charge in [0.05, 0.1) is 116 Å². The SMILES string of the molecule is CCCCCCCCCCCCOCC(C)OCC(C)OCC(C)OCC(C)OCC(C)OCCOCCOCCOCCO. The Hall–Kier alpha value is -0.400. The van der Waals surface area contributed by atoms with Crippen LogP contribution in [0.25, 0.3) is 0 Å². The highest BCUT2D eigenvalue weighted by Crippen LogP contribution is 2.11. The third-order valence-electron chi connectivity index (χ3n) is 7.07. The van der Waals surface area contributed by atoms with Gasteiger partial charge in [0.2, 0.25) is 0 Å². The standard InChI is InChI=1S/C35H72O10/c1-7-8-9-10-11-12-13-14-15-16-18-40-26-31(2)42-28-33(4)44-30-35(6)45-29-34(5)43-27-32(3)41-25-24-39-23-22-38-21-20-37-19-17-36/h31-36H,7-30H2,1-6H3. The molecule has 0 aliphatic heterocycles. The number of aliphatic hydroxyl groups is 1. The topological polar surface area (TPSA) is 103 Å². The lowest BCUT2D eigenvalue weighted by molar-refractivity contribution is -0.101. The number of aliphatic hydroxyl groups excluding tert-OH is 1. The number of unbranched alkanes of at least 4 members (excludes halogenated alkanes) is 9. The first kappa shape index (κ1) is 44.6. The Morgan fingerprint density at radius 3 is 1.16 bits per heavy atom.